The molecular weight excluding hydrogens is 298 g/mol. The monoisotopic (exact) mass is 321 g/mol. The van der Waals surface area contributed by atoms with E-state index in [1.54, 1.807) is 12.3 Å². The van der Waals surface area contributed by atoms with Crippen molar-refractivity contribution in [3.63, 3.8) is 0 Å². The molecule has 1 aromatic rings. The standard InChI is InChI=1S/C16H23N3O2S/c1-2-8-17-15-18-10-13(22-15)14(20)19-9-7-16(21)6-4-3-5-12(16)11-19/h2,10,12,21H,1,3-9,11H2,(H,17,18). The van der Waals surface area contributed by atoms with Crippen molar-refractivity contribution in [2.24, 2.45) is 5.92 Å². The number of nitrogens with zero attached hydrogens (tertiary/aromatic N) is 2. The van der Waals surface area contributed by atoms with Crippen LogP contribution in [0, 0.1) is 5.92 Å². The molecule has 6 heteroatoms. The maximum atomic E-state index is 12.6. The number of hydrogen-bond donors (Lipinski definition) is 2. The average molecular weight is 321 g/mol. The number of aromatic nitrogens is 1. The van der Waals surface area contributed by atoms with Gasteiger partial charge < -0.3 is 15.3 Å². The Labute approximate surface area is 135 Å². The molecule has 0 radical (unpaired) electrons. The number of nitrogens with one attached hydrogen (secondary N) is 1. The van der Waals surface area contributed by atoms with Crippen molar-refractivity contribution in [3.8, 4) is 0 Å². The third kappa shape index (κ3) is 3.03. The predicted molar refractivity (Wildman–Crippen MR) is 88.2 cm³/mol. The topological polar surface area (TPSA) is 65.5 Å². The Balaban J connectivity index is 1.65. The summed E-state index contributed by atoms with van der Waals surface area (Å²) in [5.74, 6) is 0.266. The van der Waals surface area contributed by atoms with Crippen LogP contribution in [0.15, 0.2) is 18.9 Å². The summed E-state index contributed by atoms with van der Waals surface area (Å²) in [6.45, 7) is 5.60. The molecule has 1 saturated carbocycles. The van der Waals surface area contributed by atoms with Crippen LogP contribution in [-0.2, 0) is 0 Å². The van der Waals surface area contributed by atoms with E-state index in [0.717, 1.165) is 30.8 Å². The van der Waals surface area contributed by atoms with Crippen LogP contribution < -0.4 is 5.32 Å². The van der Waals surface area contributed by atoms with Crippen LogP contribution in [0.5, 0.6) is 0 Å². The first kappa shape index (κ1) is 15.5. The van der Waals surface area contributed by atoms with Crippen LogP contribution in [0.1, 0.15) is 41.8 Å². The fourth-order valence-electron chi connectivity index (χ4n) is 3.53. The Morgan fingerprint density at radius 3 is 3.27 bits per heavy atom. The molecule has 0 aromatic carbocycles. The van der Waals surface area contributed by atoms with Gasteiger partial charge in [0.05, 0.1) is 11.8 Å². The number of hydrogen-bond acceptors (Lipinski definition) is 5. The minimum Gasteiger partial charge on any atom is -0.389 e. The Hall–Kier alpha value is -1.40. The van der Waals surface area contributed by atoms with Crippen molar-refractivity contribution in [1.29, 1.82) is 0 Å². The highest BCUT2D eigenvalue weighted by atomic mass is 32.1. The Bertz CT molecular complexity index is 559. The molecule has 2 heterocycles. The summed E-state index contributed by atoms with van der Waals surface area (Å²) < 4.78 is 0. The molecule has 1 aromatic heterocycles. The highest BCUT2D eigenvalue weighted by Crippen LogP contribution is 2.40. The van der Waals surface area contributed by atoms with E-state index in [4.69, 9.17) is 0 Å². The summed E-state index contributed by atoms with van der Waals surface area (Å²) in [6, 6.07) is 0. The Kier molecular flexibility index (Phi) is 4.49. The molecule has 2 unspecified atom stereocenters. The molecule has 1 aliphatic heterocycles. The zero-order chi connectivity index (χ0) is 15.6. The minimum absolute atomic E-state index is 0.0387. The van der Waals surface area contributed by atoms with Crippen molar-refractivity contribution in [1.82, 2.24) is 9.88 Å². The van der Waals surface area contributed by atoms with Gasteiger partial charge in [0.25, 0.3) is 5.91 Å². The maximum absolute atomic E-state index is 12.6. The fraction of sp³-hybridized carbons (Fsp3) is 0.625. The highest BCUT2D eigenvalue weighted by molar-refractivity contribution is 7.17. The smallest absolute Gasteiger partial charge is 0.265 e. The quantitative estimate of drug-likeness (QED) is 0.836. The molecule has 0 spiro atoms. The number of likely N-dealkylation sites (tertiary alicyclic amines) is 1. The fourth-order valence-corrected chi connectivity index (χ4v) is 4.32. The Morgan fingerprint density at radius 2 is 2.45 bits per heavy atom. The van der Waals surface area contributed by atoms with Crippen LogP contribution in [0.3, 0.4) is 0 Å². The lowest BCUT2D eigenvalue weighted by Gasteiger charge is -2.47. The molecule has 22 heavy (non-hydrogen) atoms. The van der Waals surface area contributed by atoms with E-state index >= 15 is 0 Å². The van der Waals surface area contributed by atoms with Gasteiger partial charge in [0.15, 0.2) is 5.13 Å². The van der Waals surface area contributed by atoms with Gasteiger partial charge in [-0.25, -0.2) is 4.98 Å². The third-order valence-electron chi connectivity index (χ3n) is 4.83. The first-order valence-electron chi connectivity index (χ1n) is 7.94. The summed E-state index contributed by atoms with van der Waals surface area (Å²) in [5.41, 5.74) is -0.542. The molecule has 2 aliphatic rings. The van der Waals surface area contributed by atoms with E-state index in [9.17, 15) is 9.90 Å². The Morgan fingerprint density at radius 1 is 1.59 bits per heavy atom. The molecular formula is C16H23N3O2S. The molecule has 1 aliphatic carbocycles. The number of anilines is 1. The van der Waals surface area contributed by atoms with Crippen LogP contribution in [0.2, 0.25) is 0 Å². The molecule has 120 valence electrons. The van der Waals surface area contributed by atoms with Crippen LogP contribution in [0.4, 0.5) is 5.13 Å². The second-order valence-corrected chi connectivity index (χ2v) is 7.28. The number of piperidine rings is 1. The second kappa shape index (κ2) is 6.38. The lowest BCUT2D eigenvalue weighted by Crippen LogP contribution is -2.54. The van der Waals surface area contributed by atoms with Crippen LogP contribution in [0.25, 0.3) is 0 Å². The first-order chi connectivity index (χ1) is 10.6. The number of carbonyl (C=O) groups is 1. The molecule has 5 nitrogen and oxygen atoms in total. The molecule has 1 amide bonds. The summed E-state index contributed by atoms with van der Waals surface area (Å²) in [7, 11) is 0. The number of carbonyl (C=O) groups excluding carboxylic acids is 1. The summed E-state index contributed by atoms with van der Waals surface area (Å²) in [4.78, 5) is 19.4. The number of aliphatic hydroxyl groups is 1. The zero-order valence-corrected chi connectivity index (χ0v) is 13.6. The van der Waals surface area contributed by atoms with Gasteiger partial charge in [0.2, 0.25) is 0 Å². The lowest BCUT2D eigenvalue weighted by atomic mass is 9.71. The van der Waals surface area contributed by atoms with Gasteiger partial charge in [-0.05, 0) is 19.3 Å². The van der Waals surface area contributed by atoms with Crippen molar-refractivity contribution >= 4 is 22.4 Å². The summed E-state index contributed by atoms with van der Waals surface area (Å²) in [5, 5.41) is 14.5. The van der Waals surface area contributed by atoms with E-state index in [0.29, 0.717) is 30.9 Å². The van der Waals surface area contributed by atoms with Crippen molar-refractivity contribution in [3.05, 3.63) is 23.7 Å². The number of thiazole rings is 1. The van der Waals surface area contributed by atoms with Gasteiger partial charge in [-0.2, -0.15) is 0 Å². The number of fused-ring (bicyclic) bond motifs is 1. The van der Waals surface area contributed by atoms with E-state index in [-0.39, 0.29) is 11.8 Å². The van der Waals surface area contributed by atoms with Gasteiger partial charge >= 0.3 is 0 Å². The van der Waals surface area contributed by atoms with Crippen molar-refractivity contribution < 1.29 is 9.90 Å². The predicted octanol–water partition coefficient (Wildman–Crippen LogP) is 2.51. The summed E-state index contributed by atoms with van der Waals surface area (Å²) in [6.07, 6.45) is 8.27. The van der Waals surface area contributed by atoms with Crippen LogP contribution >= 0.6 is 11.3 Å². The molecule has 2 atom stereocenters. The van der Waals surface area contributed by atoms with Crippen molar-refractivity contribution in [2.45, 2.75) is 37.7 Å². The maximum Gasteiger partial charge on any atom is 0.265 e. The third-order valence-corrected chi connectivity index (χ3v) is 5.77. The largest absolute Gasteiger partial charge is 0.389 e. The zero-order valence-electron chi connectivity index (χ0n) is 12.8. The molecule has 2 N–H and O–H groups in total. The number of rotatable bonds is 4. The molecule has 1 saturated heterocycles. The van der Waals surface area contributed by atoms with E-state index in [2.05, 4.69) is 16.9 Å². The van der Waals surface area contributed by atoms with Gasteiger partial charge in [0.1, 0.15) is 4.88 Å². The normalized spacial score (nSPS) is 28.0. The SMILES string of the molecule is C=CCNc1ncc(C(=O)N2CCC3(O)CCCCC3C2)s1. The van der Waals surface area contributed by atoms with Gasteiger partial charge in [-0.3, -0.25) is 4.79 Å². The molecule has 3 rings (SSSR count). The van der Waals surface area contributed by atoms with E-state index < -0.39 is 5.60 Å². The van der Waals surface area contributed by atoms with Crippen molar-refractivity contribution in [2.75, 3.05) is 25.0 Å². The summed E-state index contributed by atoms with van der Waals surface area (Å²) >= 11 is 1.38. The minimum atomic E-state index is -0.542. The van der Waals surface area contributed by atoms with Crippen LogP contribution in [-0.4, -0.2) is 46.1 Å². The second-order valence-electron chi connectivity index (χ2n) is 6.25. The van der Waals surface area contributed by atoms with E-state index in [1.807, 2.05) is 4.90 Å². The van der Waals surface area contributed by atoms with E-state index in [1.165, 1.54) is 11.3 Å². The molecule has 0 bridgehead atoms. The van der Waals surface area contributed by atoms with Gasteiger partial charge in [0, 0.05) is 25.6 Å². The van der Waals surface area contributed by atoms with Gasteiger partial charge in [-0.1, -0.05) is 30.3 Å². The lowest BCUT2D eigenvalue weighted by molar-refractivity contribution is -0.0885. The van der Waals surface area contributed by atoms with Gasteiger partial charge in [-0.15, -0.1) is 6.58 Å². The average Bonchev–Trinajstić information content (AvgIpc) is 3.00. The first-order valence-corrected chi connectivity index (χ1v) is 8.76. The highest BCUT2D eigenvalue weighted by Gasteiger charge is 2.43. The molecule has 2 fully saturated rings. The number of amides is 1.